The number of carbonyl (C=O) groups excluding carboxylic acids is 2. The number of hydrogen-bond acceptors (Lipinski definition) is 7. The predicted octanol–water partition coefficient (Wildman–Crippen LogP) is 1.37. The SMILES string of the molecule is COc1ccc(NC(C)=O)cc1NC(=O)c1cccc(S(=O)(=O)NC2CCS(=O)(=O)C2)c1. The molecule has 2 aromatic rings. The molecular weight excluding hydrogens is 458 g/mol. The summed E-state index contributed by atoms with van der Waals surface area (Å²) in [6.07, 6.45) is 0.201. The molecule has 0 saturated carbocycles. The second kappa shape index (κ2) is 9.27. The normalized spacial score (nSPS) is 17.5. The molecule has 32 heavy (non-hydrogen) atoms. The van der Waals surface area contributed by atoms with Crippen LogP contribution in [-0.2, 0) is 24.7 Å². The van der Waals surface area contributed by atoms with E-state index in [-0.39, 0.29) is 40.0 Å². The molecule has 1 unspecified atom stereocenters. The summed E-state index contributed by atoms with van der Waals surface area (Å²) >= 11 is 0. The molecule has 0 bridgehead atoms. The van der Waals surface area contributed by atoms with Crippen molar-refractivity contribution in [3.63, 3.8) is 0 Å². The number of sulfone groups is 1. The molecule has 1 heterocycles. The van der Waals surface area contributed by atoms with E-state index in [1.54, 1.807) is 12.1 Å². The van der Waals surface area contributed by atoms with Crippen molar-refractivity contribution in [3.05, 3.63) is 48.0 Å². The molecule has 10 nitrogen and oxygen atoms in total. The van der Waals surface area contributed by atoms with Gasteiger partial charge in [-0.2, -0.15) is 0 Å². The van der Waals surface area contributed by atoms with Gasteiger partial charge >= 0.3 is 0 Å². The van der Waals surface area contributed by atoms with Crippen molar-refractivity contribution in [2.24, 2.45) is 0 Å². The number of amides is 2. The third kappa shape index (κ3) is 5.84. The minimum absolute atomic E-state index is 0.0674. The highest BCUT2D eigenvalue weighted by Crippen LogP contribution is 2.28. The summed E-state index contributed by atoms with van der Waals surface area (Å²) in [7, 11) is -5.85. The Balaban J connectivity index is 1.80. The molecule has 172 valence electrons. The summed E-state index contributed by atoms with van der Waals surface area (Å²) < 4.78 is 56.2. The fourth-order valence-corrected chi connectivity index (χ4v) is 6.36. The second-order valence-electron chi connectivity index (χ2n) is 7.30. The third-order valence-electron chi connectivity index (χ3n) is 4.73. The number of carbonyl (C=O) groups is 2. The quantitative estimate of drug-likeness (QED) is 0.541. The lowest BCUT2D eigenvalue weighted by atomic mass is 10.2. The van der Waals surface area contributed by atoms with Crippen molar-refractivity contribution in [3.8, 4) is 5.75 Å². The smallest absolute Gasteiger partial charge is 0.255 e. The average molecular weight is 482 g/mol. The molecule has 3 rings (SSSR count). The Morgan fingerprint density at radius 1 is 1.09 bits per heavy atom. The van der Waals surface area contributed by atoms with Crippen molar-refractivity contribution in [2.75, 3.05) is 29.2 Å². The zero-order chi connectivity index (χ0) is 23.5. The number of nitrogens with one attached hydrogen (secondary N) is 3. The van der Waals surface area contributed by atoms with Gasteiger partial charge in [-0.05, 0) is 42.8 Å². The molecule has 3 N–H and O–H groups in total. The molecule has 1 atom stereocenters. The van der Waals surface area contributed by atoms with E-state index in [4.69, 9.17) is 4.74 Å². The van der Waals surface area contributed by atoms with Crippen LogP contribution in [0.5, 0.6) is 5.75 Å². The molecule has 1 aliphatic heterocycles. The molecule has 1 aliphatic rings. The minimum atomic E-state index is -4.02. The number of sulfonamides is 1. The van der Waals surface area contributed by atoms with Crippen LogP contribution < -0.4 is 20.1 Å². The van der Waals surface area contributed by atoms with Crippen molar-refractivity contribution < 1.29 is 31.2 Å². The van der Waals surface area contributed by atoms with Crippen molar-refractivity contribution in [2.45, 2.75) is 24.3 Å². The standard InChI is InChI=1S/C20H23N3O7S2/c1-13(24)21-15-6-7-19(30-2)18(11-15)22-20(25)14-4-3-5-17(10-14)32(28,29)23-16-8-9-31(26,27)12-16/h3-7,10-11,16,23H,8-9,12H2,1-2H3,(H,21,24)(H,22,25). The lowest BCUT2D eigenvalue weighted by molar-refractivity contribution is -0.114. The fourth-order valence-electron chi connectivity index (χ4n) is 3.26. The molecular formula is C20H23N3O7S2. The van der Waals surface area contributed by atoms with Crippen LogP contribution in [0.2, 0.25) is 0 Å². The molecule has 0 aliphatic carbocycles. The lowest BCUT2D eigenvalue weighted by Gasteiger charge is -2.14. The van der Waals surface area contributed by atoms with Gasteiger partial charge in [0.1, 0.15) is 5.75 Å². The van der Waals surface area contributed by atoms with E-state index in [1.807, 2.05) is 0 Å². The maximum Gasteiger partial charge on any atom is 0.255 e. The summed E-state index contributed by atoms with van der Waals surface area (Å²) in [6.45, 7) is 1.35. The molecule has 0 radical (unpaired) electrons. The van der Waals surface area contributed by atoms with Crippen LogP contribution in [0.3, 0.4) is 0 Å². The van der Waals surface area contributed by atoms with E-state index in [2.05, 4.69) is 15.4 Å². The first-order chi connectivity index (χ1) is 15.0. The van der Waals surface area contributed by atoms with Crippen LogP contribution in [0.1, 0.15) is 23.7 Å². The van der Waals surface area contributed by atoms with Gasteiger partial charge in [0.25, 0.3) is 5.91 Å². The first kappa shape index (κ1) is 23.7. The zero-order valence-electron chi connectivity index (χ0n) is 17.4. The first-order valence-electron chi connectivity index (χ1n) is 9.59. The van der Waals surface area contributed by atoms with Gasteiger partial charge in [0.15, 0.2) is 9.84 Å². The maximum atomic E-state index is 12.8. The van der Waals surface area contributed by atoms with Gasteiger partial charge in [-0.1, -0.05) is 6.07 Å². The van der Waals surface area contributed by atoms with Gasteiger partial charge in [-0.25, -0.2) is 21.6 Å². The number of anilines is 2. The lowest BCUT2D eigenvalue weighted by Crippen LogP contribution is -2.35. The maximum absolute atomic E-state index is 12.8. The highest BCUT2D eigenvalue weighted by atomic mass is 32.2. The summed E-state index contributed by atoms with van der Waals surface area (Å²) in [5.74, 6) is -0.851. The monoisotopic (exact) mass is 481 g/mol. The molecule has 1 fully saturated rings. The highest BCUT2D eigenvalue weighted by molar-refractivity contribution is 7.92. The third-order valence-corrected chi connectivity index (χ3v) is 8.01. The molecule has 2 amide bonds. The van der Waals surface area contributed by atoms with Crippen LogP contribution in [-0.4, -0.2) is 53.3 Å². The largest absolute Gasteiger partial charge is 0.495 e. The van der Waals surface area contributed by atoms with E-state index in [0.29, 0.717) is 11.4 Å². The molecule has 1 saturated heterocycles. The number of methoxy groups -OCH3 is 1. The van der Waals surface area contributed by atoms with Crippen LogP contribution in [0.15, 0.2) is 47.4 Å². The van der Waals surface area contributed by atoms with Crippen molar-refractivity contribution in [1.82, 2.24) is 4.72 Å². The summed E-state index contributed by atoms with van der Waals surface area (Å²) in [6, 6.07) is 9.37. The van der Waals surface area contributed by atoms with Crippen LogP contribution in [0, 0.1) is 0 Å². The van der Waals surface area contributed by atoms with E-state index in [1.165, 1.54) is 44.4 Å². The van der Waals surface area contributed by atoms with Gasteiger partial charge in [0, 0.05) is 24.2 Å². The van der Waals surface area contributed by atoms with E-state index < -0.39 is 31.8 Å². The summed E-state index contributed by atoms with van der Waals surface area (Å²) in [5.41, 5.74) is 0.797. The first-order valence-corrected chi connectivity index (χ1v) is 12.9. The fraction of sp³-hybridized carbons (Fsp3) is 0.300. The Labute approximate surface area is 186 Å². The van der Waals surface area contributed by atoms with E-state index in [0.717, 1.165) is 0 Å². The Hall–Kier alpha value is -2.96. The summed E-state index contributed by atoms with van der Waals surface area (Å²) in [5, 5.41) is 5.25. The number of ether oxygens (including phenoxy) is 1. The van der Waals surface area contributed by atoms with Crippen molar-refractivity contribution in [1.29, 1.82) is 0 Å². The molecule has 12 heteroatoms. The Morgan fingerprint density at radius 3 is 2.47 bits per heavy atom. The van der Waals surface area contributed by atoms with E-state index >= 15 is 0 Å². The summed E-state index contributed by atoms with van der Waals surface area (Å²) in [4.78, 5) is 23.9. The van der Waals surface area contributed by atoms with Gasteiger partial charge < -0.3 is 15.4 Å². The minimum Gasteiger partial charge on any atom is -0.495 e. The Kier molecular flexibility index (Phi) is 6.86. The van der Waals surface area contributed by atoms with Gasteiger partial charge in [0.2, 0.25) is 15.9 Å². The van der Waals surface area contributed by atoms with Crippen molar-refractivity contribution >= 4 is 43.0 Å². The topological polar surface area (TPSA) is 148 Å². The average Bonchev–Trinajstić information content (AvgIpc) is 3.05. The number of rotatable bonds is 7. The van der Waals surface area contributed by atoms with Gasteiger partial charge in [-0.3, -0.25) is 9.59 Å². The van der Waals surface area contributed by atoms with Crippen LogP contribution in [0.25, 0.3) is 0 Å². The molecule has 0 aromatic heterocycles. The Morgan fingerprint density at radius 2 is 1.84 bits per heavy atom. The predicted molar refractivity (Wildman–Crippen MR) is 119 cm³/mol. The molecule has 0 spiro atoms. The van der Waals surface area contributed by atoms with Gasteiger partial charge in [0.05, 0.1) is 29.2 Å². The van der Waals surface area contributed by atoms with Gasteiger partial charge in [-0.15, -0.1) is 0 Å². The zero-order valence-corrected chi connectivity index (χ0v) is 19.0. The highest BCUT2D eigenvalue weighted by Gasteiger charge is 2.31. The number of benzene rings is 2. The number of hydrogen-bond donors (Lipinski definition) is 3. The van der Waals surface area contributed by atoms with E-state index in [9.17, 15) is 26.4 Å². The second-order valence-corrected chi connectivity index (χ2v) is 11.2. The molecule has 2 aromatic carbocycles. The Bertz CT molecular complexity index is 1260. The van der Waals surface area contributed by atoms with Crippen LogP contribution in [0.4, 0.5) is 11.4 Å². The van der Waals surface area contributed by atoms with Crippen LogP contribution >= 0.6 is 0 Å².